The van der Waals surface area contributed by atoms with Crippen LogP contribution in [0.2, 0.25) is 0 Å². The molecule has 1 unspecified atom stereocenters. The lowest BCUT2D eigenvalue weighted by atomic mass is 10.3. The quantitative estimate of drug-likeness (QED) is 0.565. The van der Waals surface area contributed by atoms with Gasteiger partial charge in [0.2, 0.25) is 0 Å². The zero-order valence-corrected chi connectivity index (χ0v) is 7.99. The number of methoxy groups -OCH3 is 1. The van der Waals surface area contributed by atoms with Gasteiger partial charge in [0.1, 0.15) is 6.10 Å². The van der Waals surface area contributed by atoms with Gasteiger partial charge >= 0.3 is 0 Å². The number of amides is 1. The fourth-order valence-electron chi connectivity index (χ4n) is 0.988. The van der Waals surface area contributed by atoms with E-state index in [1.807, 2.05) is 0 Å². The standard InChI is InChI=1S/C8H14N4O2/c1-14-7(2-9)8(13)10-3-6-4-11-12-5-6/h4-5,7H,2-3,9H2,1H3,(H,10,13)(H,11,12). The van der Waals surface area contributed by atoms with Gasteiger partial charge in [-0.3, -0.25) is 9.89 Å². The Balaban J connectivity index is 2.34. The summed E-state index contributed by atoms with van der Waals surface area (Å²) >= 11 is 0. The molecule has 14 heavy (non-hydrogen) atoms. The Labute approximate surface area is 81.8 Å². The van der Waals surface area contributed by atoms with Crippen LogP contribution in [0.15, 0.2) is 12.4 Å². The van der Waals surface area contributed by atoms with E-state index in [9.17, 15) is 4.79 Å². The van der Waals surface area contributed by atoms with Crippen LogP contribution in [-0.4, -0.2) is 35.9 Å². The lowest BCUT2D eigenvalue weighted by Crippen LogP contribution is -2.40. The van der Waals surface area contributed by atoms with Gasteiger partial charge < -0.3 is 15.8 Å². The number of carbonyl (C=O) groups excluding carboxylic acids is 1. The molecule has 0 aromatic carbocycles. The summed E-state index contributed by atoms with van der Waals surface area (Å²) in [5.41, 5.74) is 6.24. The molecule has 78 valence electrons. The number of nitrogens with one attached hydrogen (secondary N) is 2. The molecule has 0 saturated carbocycles. The van der Waals surface area contributed by atoms with Gasteiger partial charge in [-0.25, -0.2) is 0 Å². The fraction of sp³-hybridized carbons (Fsp3) is 0.500. The number of hydrogen-bond acceptors (Lipinski definition) is 4. The second-order valence-electron chi connectivity index (χ2n) is 2.78. The van der Waals surface area contributed by atoms with Gasteiger partial charge in [0.05, 0.1) is 6.20 Å². The number of hydrogen-bond donors (Lipinski definition) is 3. The third kappa shape index (κ3) is 2.82. The Kier molecular flexibility index (Phi) is 4.09. The average Bonchev–Trinajstić information content (AvgIpc) is 2.69. The summed E-state index contributed by atoms with van der Waals surface area (Å²) in [5, 5.41) is 9.09. The summed E-state index contributed by atoms with van der Waals surface area (Å²) in [5.74, 6) is -0.212. The van der Waals surface area contributed by atoms with Gasteiger partial charge in [-0.05, 0) is 0 Å². The Bertz CT molecular complexity index is 269. The van der Waals surface area contributed by atoms with Crippen LogP contribution in [0.4, 0.5) is 0 Å². The highest BCUT2D eigenvalue weighted by molar-refractivity contribution is 5.80. The minimum absolute atomic E-state index is 0.174. The summed E-state index contributed by atoms with van der Waals surface area (Å²) in [6, 6.07) is 0. The maximum atomic E-state index is 11.4. The highest BCUT2D eigenvalue weighted by atomic mass is 16.5. The van der Waals surface area contributed by atoms with Gasteiger partial charge in [-0.2, -0.15) is 5.10 Å². The van der Waals surface area contributed by atoms with Gasteiger partial charge in [-0.15, -0.1) is 0 Å². The van der Waals surface area contributed by atoms with Crippen molar-refractivity contribution in [2.45, 2.75) is 12.6 Å². The molecule has 4 N–H and O–H groups in total. The van der Waals surface area contributed by atoms with E-state index in [0.717, 1.165) is 5.56 Å². The van der Waals surface area contributed by atoms with Crippen LogP contribution < -0.4 is 11.1 Å². The monoisotopic (exact) mass is 198 g/mol. The van der Waals surface area contributed by atoms with E-state index in [1.54, 1.807) is 12.4 Å². The maximum Gasteiger partial charge on any atom is 0.250 e. The van der Waals surface area contributed by atoms with Crippen LogP contribution in [0.5, 0.6) is 0 Å². The summed E-state index contributed by atoms with van der Waals surface area (Å²) in [7, 11) is 1.45. The first-order valence-corrected chi connectivity index (χ1v) is 4.26. The van der Waals surface area contributed by atoms with Crippen molar-refractivity contribution in [1.29, 1.82) is 0 Å². The van der Waals surface area contributed by atoms with Crippen molar-refractivity contribution < 1.29 is 9.53 Å². The number of H-pyrrole nitrogens is 1. The van der Waals surface area contributed by atoms with Crippen LogP contribution in [0, 0.1) is 0 Å². The predicted octanol–water partition coefficient (Wildman–Crippen LogP) is -1.00. The second-order valence-corrected chi connectivity index (χ2v) is 2.78. The van der Waals surface area contributed by atoms with Crippen molar-refractivity contribution in [2.24, 2.45) is 5.73 Å². The van der Waals surface area contributed by atoms with Crippen LogP contribution in [-0.2, 0) is 16.1 Å². The molecule has 6 heteroatoms. The van der Waals surface area contributed by atoms with Crippen molar-refractivity contribution in [3.8, 4) is 0 Å². The van der Waals surface area contributed by atoms with Crippen molar-refractivity contribution in [3.63, 3.8) is 0 Å². The molecule has 1 amide bonds. The first-order valence-electron chi connectivity index (χ1n) is 4.26. The zero-order chi connectivity index (χ0) is 10.4. The topological polar surface area (TPSA) is 93.0 Å². The van der Waals surface area contributed by atoms with E-state index in [2.05, 4.69) is 15.5 Å². The number of carbonyl (C=O) groups is 1. The molecule has 0 aliphatic rings. The average molecular weight is 198 g/mol. The van der Waals surface area contributed by atoms with Crippen LogP contribution >= 0.6 is 0 Å². The van der Waals surface area contributed by atoms with Crippen molar-refractivity contribution >= 4 is 5.91 Å². The third-order valence-corrected chi connectivity index (χ3v) is 1.81. The molecule has 0 spiro atoms. The first-order chi connectivity index (χ1) is 6.77. The second kappa shape index (κ2) is 5.36. The Hall–Kier alpha value is -1.40. The molecular weight excluding hydrogens is 184 g/mol. The molecule has 1 aromatic rings. The first kappa shape index (κ1) is 10.7. The van der Waals surface area contributed by atoms with Crippen LogP contribution in [0.25, 0.3) is 0 Å². The molecule has 0 saturated heterocycles. The number of ether oxygens (including phenoxy) is 1. The minimum atomic E-state index is -0.582. The molecule has 1 atom stereocenters. The van der Waals surface area contributed by atoms with Crippen LogP contribution in [0.1, 0.15) is 5.56 Å². The van der Waals surface area contributed by atoms with E-state index >= 15 is 0 Å². The van der Waals surface area contributed by atoms with Gasteiger partial charge in [-0.1, -0.05) is 0 Å². The van der Waals surface area contributed by atoms with Gasteiger partial charge in [0, 0.05) is 32.0 Å². The fourth-order valence-corrected chi connectivity index (χ4v) is 0.988. The van der Waals surface area contributed by atoms with Crippen molar-refractivity contribution in [2.75, 3.05) is 13.7 Å². The third-order valence-electron chi connectivity index (χ3n) is 1.81. The van der Waals surface area contributed by atoms with E-state index < -0.39 is 6.10 Å². The largest absolute Gasteiger partial charge is 0.370 e. The predicted molar refractivity (Wildman–Crippen MR) is 50.3 cm³/mol. The smallest absolute Gasteiger partial charge is 0.250 e. The molecule has 0 bridgehead atoms. The maximum absolute atomic E-state index is 11.4. The molecule has 0 aliphatic carbocycles. The number of nitrogens with zero attached hydrogens (tertiary/aromatic N) is 1. The van der Waals surface area contributed by atoms with E-state index in [1.165, 1.54) is 7.11 Å². The van der Waals surface area contributed by atoms with E-state index in [0.29, 0.717) is 6.54 Å². The highest BCUT2D eigenvalue weighted by Crippen LogP contribution is 1.93. The normalized spacial score (nSPS) is 12.4. The SMILES string of the molecule is COC(CN)C(=O)NCc1cn[nH]c1. The van der Waals surface area contributed by atoms with Crippen molar-refractivity contribution in [1.82, 2.24) is 15.5 Å². The summed E-state index contributed by atoms with van der Waals surface area (Å²) in [4.78, 5) is 11.4. The Morgan fingerprint density at radius 1 is 1.86 bits per heavy atom. The summed E-state index contributed by atoms with van der Waals surface area (Å²) in [6.45, 7) is 0.600. The Morgan fingerprint density at radius 3 is 3.14 bits per heavy atom. The molecule has 1 rings (SSSR count). The number of nitrogens with two attached hydrogens (primary N) is 1. The Morgan fingerprint density at radius 2 is 2.64 bits per heavy atom. The van der Waals surface area contributed by atoms with Gasteiger partial charge in [0.25, 0.3) is 5.91 Å². The van der Waals surface area contributed by atoms with E-state index in [-0.39, 0.29) is 12.5 Å². The van der Waals surface area contributed by atoms with Crippen molar-refractivity contribution in [3.05, 3.63) is 18.0 Å². The molecule has 0 aliphatic heterocycles. The number of aromatic nitrogens is 2. The highest BCUT2D eigenvalue weighted by Gasteiger charge is 2.14. The lowest BCUT2D eigenvalue weighted by molar-refractivity contribution is -0.130. The van der Waals surface area contributed by atoms with Crippen LogP contribution in [0.3, 0.4) is 0 Å². The minimum Gasteiger partial charge on any atom is -0.370 e. The summed E-state index contributed by atoms with van der Waals surface area (Å²) < 4.78 is 4.87. The lowest BCUT2D eigenvalue weighted by Gasteiger charge is -2.12. The number of aromatic amines is 1. The molecule has 6 nitrogen and oxygen atoms in total. The zero-order valence-electron chi connectivity index (χ0n) is 7.99. The number of rotatable bonds is 5. The molecule has 1 heterocycles. The molecule has 0 fully saturated rings. The molecule has 0 radical (unpaired) electrons. The van der Waals surface area contributed by atoms with Gasteiger partial charge in [0.15, 0.2) is 0 Å². The molecular formula is C8H14N4O2. The molecule has 1 aromatic heterocycles. The summed E-state index contributed by atoms with van der Waals surface area (Å²) in [6.07, 6.45) is 2.77. The van der Waals surface area contributed by atoms with E-state index in [4.69, 9.17) is 10.5 Å².